The molecular weight excluding hydrogens is 442 g/mol. The first-order valence-corrected chi connectivity index (χ1v) is 11.9. The van der Waals surface area contributed by atoms with E-state index in [4.69, 9.17) is 5.73 Å². The molecule has 0 bridgehead atoms. The van der Waals surface area contributed by atoms with Crippen LogP contribution in [0.2, 0.25) is 0 Å². The van der Waals surface area contributed by atoms with Gasteiger partial charge in [-0.05, 0) is 18.4 Å². The second kappa shape index (κ2) is 11.5. The van der Waals surface area contributed by atoms with Crippen molar-refractivity contribution < 1.29 is 4.79 Å². The number of thioether (sulfide) groups is 1. The van der Waals surface area contributed by atoms with Gasteiger partial charge in [0.1, 0.15) is 11.6 Å². The molecule has 0 radical (unpaired) electrons. The monoisotopic (exact) mass is 471 g/mol. The van der Waals surface area contributed by atoms with Crippen molar-refractivity contribution in [1.29, 1.82) is 0 Å². The smallest absolute Gasteiger partial charge is 0.330 e. The number of H-pyrrole nitrogens is 2. The number of anilines is 2. The zero-order valence-electron chi connectivity index (χ0n) is 18.8. The number of benzene rings is 1. The molecule has 0 saturated carbocycles. The van der Waals surface area contributed by atoms with Crippen molar-refractivity contribution >= 4 is 29.2 Å². The Bertz CT molecular complexity index is 1190. The number of nitrogens with zero attached hydrogens (tertiary/aromatic N) is 4. The first kappa shape index (κ1) is 24.3. The maximum Gasteiger partial charge on any atom is 0.330 e. The molecule has 1 aromatic carbocycles. The quantitative estimate of drug-likeness (QED) is 0.364. The highest BCUT2D eigenvalue weighted by Gasteiger charge is 2.24. The normalized spacial score (nSPS) is 11.0. The van der Waals surface area contributed by atoms with Gasteiger partial charge >= 0.3 is 5.69 Å². The Balaban J connectivity index is 1.88. The van der Waals surface area contributed by atoms with E-state index in [2.05, 4.69) is 20.2 Å². The molecule has 0 saturated heterocycles. The molecule has 0 spiro atoms. The molecule has 2 aromatic heterocycles. The molecule has 3 aromatic rings. The number of rotatable bonds is 11. The molecule has 11 heteroatoms. The van der Waals surface area contributed by atoms with Crippen molar-refractivity contribution in [3.63, 3.8) is 0 Å². The van der Waals surface area contributed by atoms with Gasteiger partial charge in [-0.1, -0.05) is 62.4 Å². The lowest BCUT2D eigenvalue weighted by molar-refractivity contribution is -0.116. The van der Waals surface area contributed by atoms with Gasteiger partial charge in [-0.3, -0.25) is 24.2 Å². The SMILES string of the molecule is CCCCN(C(=O)CSc1n[nH]c(CCC)n1)c1c(N)n(Cc2ccccc2)c(=O)[nH]c1=O. The van der Waals surface area contributed by atoms with Crippen LogP contribution in [0.5, 0.6) is 0 Å². The molecule has 4 N–H and O–H groups in total. The number of aryl methyl sites for hydroxylation is 1. The summed E-state index contributed by atoms with van der Waals surface area (Å²) in [6.45, 7) is 4.52. The number of aromatic nitrogens is 5. The number of nitrogens with one attached hydrogen (secondary N) is 2. The molecule has 2 heterocycles. The van der Waals surface area contributed by atoms with Crippen LogP contribution in [0.3, 0.4) is 0 Å². The van der Waals surface area contributed by atoms with Crippen molar-refractivity contribution in [2.45, 2.75) is 51.2 Å². The predicted molar refractivity (Wildman–Crippen MR) is 130 cm³/mol. The summed E-state index contributed by atoms with van der Waals surface area (Å²) in [5.74, 6) is 0.454. The third-order valence-corrected chi connectivity index (χ3v) is 5.86. The highest BCUT2D eigenvalue weighted by Crippen LogP contribution is 2.21. The van der Waals surface area contributed by atoms with E-state index in [9.17, 15) is 14.4 Å². The minimum Gasteiger partial charge on any atom is -0.383 e. The standard InChI is InChI=1S/C22H29N7O3S/c1-3-5-12-28(17(30)14-33-21-24-16(9-4-2)26-27-21)18-19(23)29(22(32)25-20(18)31)13-15-10-7-6-8-11-15/h6-8,10-11H,3-5,9,12-14,23H2,1-2H3,(H,24,26,27)(H,25,31,32). The molecule has 1 amide bonds. The largest absolute Gasteiger partial charge is 0.383 e. The van der Waals surface area contributed by atoms with Gasteiger partial charge in [-0.2, -0.15) is 0 Å². The molecule has 0 atom stereocenters. The Morgan fingerprint density at radius 1 is 1.18 bits per heavy atom. The lowest BCUT2D eigenvalue weighted by Gasteiger charge is -2.24. The van der Waals surface area contributed by atoms with E-state index in [1.165, 1.54) is 21.2 Å². The van der Waals surface area contributed by atoms with Gasteiger partial charge in [-0.15, -0.1) is 5.10 Å². The first-order chi connectivity index (χ1) is 15.9. The Kier molecular flexibility index (Phi) is 8.47. The van der Waals surface area contributed by atoms with Crippen LogP contribution in [0.25, 0.3) is 0 Å². The summed E-state index contributed by atoms with van der Waals surface area (Å²) in [7, 11) is 0. The van der Waals surface area contributed by atoms with Gasteiger partial charge in [0.25, 0.3) is 5.56 Å². The van der Waals surface area contributed by atoms with E-state index in [0.717, 1.165) is 30.7 Å². The molecule has 176 valence electrons. The maximum atomic E-state index is 13.2. The number of nitrogen functional groups attached to an aromatic ring is 1. The van der Waals surface area contributed by atoms with Crippen LogP contribution >= 0.6 is 11.8 Å². The summed E-state index contributed by atoms with van der Waals surface area (Å²) >= 11 is 1.19. The number of hydrogen-bond donors (Lipinski definition) is 3. The molecule has 0 aliphatic heterocycles. The van der Waals surface area contributed by atoms with Crippen LogP contribution in [-0.2, 0) is 17.8 Å². The zero-order valence-corrected chi connectivity index (χ0v) is 19.7. The minimum atomic E-state index is -0.681. The third kappa shape index (κ3) is 6.13. The number of amides is 1. The molecular formula is C22H29N7O3S. The number of nitrogens with two attached hydrogens (primary N) is 1. The zero-order chi connectivity index (χ0) is 23.8. The Hall–Kier alpha value is -3.34. The second-order valence-corrected chi connectivity index (χ2v) is 8.51. The fourth-order valence-corrected chi connectivity index (χ4v) is 4.03. The van der Waals surface area contributed by atoms with Gasteiger partial charge in [0.05, 0.1) is 12.3 Å². The number of hydrogen-bond acceptors (Lipinski definition) is 7. The molecule has 0 unspecified atom stereocenters. The minimum absolute atomic E-state index is 0.00811. The summed E-state index contributed by atoms with van der Waals surface area (Å²) in [5, 5.41) is 7.46. The van der Waals surface area contributed by atoms with E-state index in [1.54, 1.807) is 0 Å². The Labute approximate surface area is 195 Å². The fourth-order valence-electron chi connectivity index (χ4n) is 3.33. The summed E-state index contributed by atoms with van der Waals surface area (Å²) in [4.78, 5) is 46.4. The highest BCUT2D eigenvalue weighted by molar-refractivity contribution is 7.99. The van der Waals surface area contributed by atoms with Gasteiger partial charge in [0.15, 0.2) is 5.69 Å². The average Bonchev–Trinajstić information content (AvgIpc) is 3.25. The van der Waals surface area contributed by atoms with Crippen LogP contribution in [0.1, 0.15) is 44.5 Å². The van der Waals surface area contributed by atoms with Crippen molar-refractivity contribution in [2.75, 3.05) is 22.9 Å². The number of unbranched alkanes of at least 4 members (excludes halogenated alkanes) is 1. The topological polar surface area (TPSA) is 143 Å². The lowest BCUT2D eigenvalue weighted by Crippen LogP contribution is -2.42. The van der Waals surface area contributed by atoms with E-state index >= 15 is 0 Å². The highest BCUT2D eigenvalue weighted by atomic mass is 32.2. The number of carbonyl (C=O) groups excluding carboxylic acids is 1. The van der Waals surface area contributed by atoms with Crippen molar-refractivity contribution in [1.82, 2.24) is 24.7 Å². The van der Waals surface area contributed by atoms with E-state index in [0.29, 0.717) is 18.1 Å². The molecule has 10 nitrogen and oxygen atoms in total. The molecule has 0 fully saturated rings. The molecule has 33 heavy (non-hydrogen) atoms. The summed E-state index contributed by atoms with van der Waals surface area (Å²) < 4.78 is 1.28. The molecule has 0 aliphatic rings. The third-order valence-electron chi connectivity index (χ3n) is 5.03. The van der Waals surface area contributed by atoms with E-state index < -0.39 is 11.2 Å². The molecule has 3 rings (SSSR count). The fraction of sp³-hybridized carbons (Fsp3) is 0.409. The van der Waals surface area contributed by atoms with E-state index in [-0.39, 0.29) is 29.7 Å². The second-order valence-electron chi connectivity index (χ2n) is 7.57. The number of carbonyl (C=O) groups is 1. The van der Waals surface area contributed by atoms with Gasteiger partial charge < -0.3 is 10.6 Å². The van der Waals surface area contributed by atoms with Gasteiger partial charge in [0, 0.05) is 13.0 Å². The summed E-state index contributed by atoms with van der Waals surface area (Å²) in [6.07, 6.45) is 3.21. The number of aromatic amines is 2. The summed E-state index contributed by atoms with van der Waals surface area (Å²) in [6, 6.07) is 9.29. The molecule has 0 aliphatic carbocycles. The predicted octanol–water partition coefficient (Wildman–Crippen LogP) is 2.16. The Morgan fingerprint density at radius 2 is 1.94 bits per heavy atom. The van der Waals surface area contributed by atoms with Crippen molar-refractivity contribution in [2.24, 2.45) is 0 Å². The lowest BCUT2D eigenvalue weighted by atomic mass is 10.2. The van der Waals surface area contributed by atoms with Crippen LogP contribution in [-0.4, -0.2) is 42.9 Å². The van der Waals surface area contributed by atoms with Gasteiger partial charge in [-0.25, -0.2) is 9.78 Å². The average molecular weight is 472 g/mol. The maximum absolute atomic E-state index is 13.2. The van der Waals surface area contributed by atoms with Gasteiger partial charge in [0.2, 0.25) is 11.1 Å². The van der Waals surface area contributed by atoms with Crippen LogP contribution < -0.4 is 21.9 Å². The van der Waals surface area contributed by atoms with Crippen LogP contribution in [0.15, 0.2) is 45.1 Å². The Morgan fingerprint density at radius 3 is 2.64 bits per heavy atom. The van der Waals surface area contributed by atoms with Crippen molar-refractivity contribution in [3.05, 3.63) is 62.6 Å². The van der Waals surface area contributed by atoms with Crippen LogP contribution in [0, 0.1) is 0 Å². The van der Waals surface area contributed by atoms with Crippen molar-refractivity contribution in [3.8, 4) is 0 Å². The van der Waals surface area contributed by atoms with E-state index in [1.807, 2.05) is 44.2 Å². The summed E-state index contributed by atoms with van der Waals surface area (Å²) in [5.41, 5.74) is 5.84. The first-order valence-electron chi connectivity index (χ1n) is 11.0. The van der Waals surface area contributed by atoms with Crippen LogP contribution in [0.4, 0.5) is 11.5 Å².